The van der Waals surface area contributed by atoms with Gasteiger partial charge < -0.3 is 9.88 Å². The van der Waals surface area contributed by atoms with E-state index in [1.54, 1.807) is 0 Å². The minimum atomic E-state index is -0.0367. The quantitative estimate of drug-likeness (QED) is 0.806. The van der Waals surface area contributed by atoms with Crippen molar-refractivity contribution < 1.29 is 0 Å². The fourth-order valence-corrected chi connectivity index (χ4v) is 4.06. The van der Waals surface area contributed by atoms with Crippen molar-refractivity contribution in [3.63, 3.8) is 0 Å². The number of nitrogens with zero attached hydrogens (tertiary/aromatic N) is 3. The summed E-state index contributed by atoms with van der Waals surface area (Å²) in [7, 11) is 1.92. The molecule has 0 bridgehead atoms. The molecule has 0 atom stereocenters. The molecule has 3 heterocycles. The van der Waals surface area contributed by atoms with Gasteiger partial charge in [0.15, 0.2) is 0 Å². The average molecular weight is 324 g/mol. The van der Waals surface area contributed by atoms with E-state index in [0.717, 1.165) is 53.4 Å². The summed E-state index contributed by atoms with van der Waals surface area (Å²) in [5.74, 6) is 0.469. The third kappa shape index (κ3) is 2.44. The molecule has 0 radical (unpaired) electrons. The zero-order chi connectivity index (χ0) is 16.7. The normalized spacial score (nSPS) is 17.1. The molecule has 126 valence electrons. The second-order valence-corrected chi connectivity index (χ2v) is 6.85. The van der Waals surface area contributed by atoms with Crippen molar-refractivity contribution >= 4 is 21.8 Å². The first-order valence-electron chi connectivity index (χ1n) is 8.89. The van der Waals surface area contributed by atoms with Crippen LogP contribution >= 0.6 is 0 Å². The molecule has 5 nitrogen and oxygen atoms in total. The van der Waals surface area contributed by atoms with Gasteiger partial charge in [-0.15, -0.1) is 0 Å². The highest BCUT2D eigenvalue weighted by atomic mass is 16.1. The lowest BCUT2D eigenvalue weighted by molar-refractivity contribution is 0.211. The number of nitrogens with one attached hydrogen (secondary N) is 1. The first kappa shape index (κ1) is 15.4. The Morgan fingerprint density at radius 3 is 2.62 bits per heavy atom. The molecule has 1 fully saturated rings. The van der Waals surface area contributed by atoms with Gasteiger partial charge in [-0.3, -0.25) is 9.48 Å². The first-order chi connectivity index (χ1) is 11.7. The highest BCUT2D eigenvalue weighted by molar-refractivity contribution is 6.05. The second kappa shape index (κ2) is 6.06. The maximum absolute atomic E-state index is 12.3. The first-order valence-corrected chi connectivity index (χ1v) is 8.89. The van der Waals surface area contributed by atoms with Gasteiger partial charge >= 0.3 is 0 Å². The summed E-state index contributed by atoms with van der Waals surface area (Å²) >= 11 is 0. The van der Waals surface area contributed by atoms with Crippen LogP contribution in [0.2, 0.25) is 0 Å². The Labute approximate surface area is 141 Å². The summed E-state index contributed by atoms with van der Waals surface area (Å²) in [5, 5.41) is 7.71. The van der Waals surface area contributed by atoms with Crippen LogP contribution in [-0.4, -0.2) is 39.3 Å². The monoisotopic (exact) mass is 324 g/mol. The molecule has 5 heteroatoms. The number of rotatable bonds is 3. The zero-order valence-electron chi connectivity index (χ0n) is 14.4. The van der Waals surface area contributed by atoms with E-state index in [1.807, 2.05) is 36.0 Å². The van der Waals surface area contributed by atoms with Crippen LogP contribution in [0.4, 0.5) is 0 Å². The fourth-order valence-electron chi connectivity index (χ4n) is 4.06. The Balaban J connectivity index is 1.82. The molecule has 1 saturated heterocycles. The Morgan fingerprint density at radius 1 is 1.21 bits per heavy atom. The Bertz CT molecular complexity index is 932. The number of H-pyrrole nitrogens is 1. The highest BCUT2D eigenvalue weighted by Gasteiger charge is 2.26. The van der Waals surface area contributed by atoms with Crippen molar-refractivity contribution in [3.8, 4) is 0 Å². The minimum Gasteiger partial charge on any atom is -0.306 e. The summed E-state index contributed by atoms with van der Waals surface area (Å²) < 4.78 is 1.83. The van der Waals surface area contributed by atoms with E-state index < -0.39 is 0 Å². The van der Waals surface area contributed by atoms with Crippen LogP contribution in [0.5, 0.6) is 0 Å². The molecule has 24 heavy (non-hydrogen) atoms. The van der Waals surface area contributed by atoms with Crippen molar-refractivity contribution in [2.75, 3.05) is 19.6 Å². The van der Waals surface area contributed by atoms with Crippen molar-refractivity contribution in [3.05, 3.63) is 40.3 Å². The van der Waals surface area contributed by atoms with Gasteiger partial charge in [-0.2, -0.15) is 5.10 Å². The lowest BCUT2D eigenvalue weighted by Gasteiger charge is -2.31. The lowest BCUT2D eigenvalue weighted by Crippen LogP contribution is -2.33. The predicted molar refractivity (Wildman–Crippen MR) is 97.5 cm³/mol. The van der Waals surface area contributed by atoms with Gasteiger partial charge in [-0.05, 0) is 45.0 Å². The van der Waals surface area contributed by atoms with Crippen molar-refractivity contribution in [1.82, 2.24) is 19.7 Å². The molecule has 0 amide bonds. The maximum Gasteiger partial charge on any atom is 0.257 e. The highest BCUT2D eigenvalue weighted by Crippen LogP contribution is 2.34. The summed E-state index contributed by atoms with van der Waals surface area (Å²) in [6.45, 7) is 5.70. The van der Waals surface area contributed by atoms with Gasteiger partial charge in [-0.25, -0.2) is 0 Å². The summed E-state index contributed by atoms with van der Waals surface area (Å²) in [6, 6.07) is 7.86. The van der Waals surface area contributed by atoms with Gasteiger partial charge in [0, 0.05) is 29.1 Å². The largest absolute Gasteiger partial charge is 0.306 e. The number of benzene rings is 1. The van der Waals surface area contributed by atoms with Crippen molar-refractivity contribution in [1.29, 1.82) is 0 Å². The third-order valence-electron chi connectivity index (χ3n) is 5.26. The average Bonchev–Trinajstić information content (AvgIpc) is 2.93. The number of piperidine rings is 1. The van der Waals surface area contributed by atoms with E-state index in [1.165, 1.54) is 13.0 Å². The SMILES string of the molecule is CCCN1CCC(c2nn(C)c3[nH]c(=O)c4ccccc4c23)CC1. The molecule has 4 rings (SSSR count). The fraction of sp³-hybridized carbons (Fsp3) is 0.474. The van der Waals surface area contributed by atoms with Crippen LogP contribution in [0.15, 0.2) is 29.1 Å². The number of aromatic amines is 1. The molecule has 3 aromatic rings. The van der Waals surface area contributed by atoms with Gasteiger partial charge in [0.2, 0.25) is 0 Å². The Hall–Kier alpha value is -2.14. The molecule has 1 aliphatic heterocycles. The summed E-state index contributed by atoms with van der Waals surface area (Å²) in [4.78, 5) is 17.9. The summed E-state index contributed by atoms with van der Waals surface area (Å²) in [5.41, 5.74) is 1.95. The number of hydrogen-bond acceptors (Lipinski definition) is 3. The maximum atomic E-state index is 12.3. The van der Waals surface area contributed by atoms with Gasteiger partial charge in [0.05, 0.1) is 5.69 Å². The topological polar surface area (TPSA) is 53.9 Å². The van der Waals surface area contributed by atoms with Crippen LogP contribution in [0.1, 0.15) is 37.8 Å². The number of fused-ring (bicyclic) bond motifs is 3. The zero-order valence-corrected chi connectivity index (χ0v) is 14.4. The van der Waals surface area contributed by atoms with Crippen molar-refractivity contribution in [2.24, 2.45) is 7.05 Å². The number of aromatic nitrogens is 3. The number of hydrogen-bond donors (Lipinski definition) is 1. The van der Waals surface area contributed by atoms with Crippen LogP contribution in [0, 0.1) is 0 Å². The standard InChI is InChI=1S/C19H24N4O/c1-3-10-23-11-8-13(9-12-23)17-16-14-6-4-5-7-15(14)19(24)20-18(16)22(2)21-17/h4-7,13H,3,8-12H2,1-2H3,(H,20,24). The summed E-state index contributed by atoms with van der Waals surface area (Å²) in [6.07, 6.45) is 3.49. The second-order valence-electron chi connectivity index (χ2n) is 6.85. The van der Waals surface area contributed by atoms with E-state index in [-0.39, 0.29) is 5.56 Å². The van der Waals surface area contributed by atoms with Crippen LogP contribution in [0.25, 0.3) is 21.8 Å². The van der Waals surface area contributed by atoms with E-state index in [9.17, 15) is 4.79 Å². The van der Waals surface area contributed by atoms with E-state index >= 15 is 0 Å². The molecule has 0 aliphatic carbocycles. The molecule has 1 aliphatic rings. The van der Waals surface area contributed by atoms with E-state index in [4.69, 9.17) is 5.10 Å². The number of pyridine rings is 1. The van der Waals surface area contributed by atoms with Crippen LogP contribution < -0.4 is 5.56 Å². The van der Waals surface area contributed by atoms with Crippen molar-refractivity contribution in [2.45, 2.75) is 32.1 Å². The Morgan fingerprint density at radius 2 is 1.92 bits per heavy atom. The molecule has 2 aromatic heterocycles. The molecular weight excluding hydrogens is 300 g/mol. The van der Waals surface area contributed by atoms with Gasteiger partial charge in [0.1, 0.15) is 5.65 Å². The van der Waals surface area contributed by atoms with Gasteiger partial charge in [0.25, 0.3) is 5.56 Å². The minimum absolute atomic E-state index is 0.0367. The van der Waals surface area contributed by atoms with Crippen LogP contribution in [-0.2, 0) is 7.05 Å². The Kier molecular flexibility index (Phi) is 3.88. The van der Waals surface area contributed by atoms with E-state index in [2.05, 4.69) is 16.8 Å². The third-order valence-corrected chi connectivity index (χ3v) is 5.26. The molecular formula is C19H24N4O. The molecule has 1 N–H and O–H groups in total. The van der Waals surface area contributed by atoms with Crippen LogP contribution in [0.3, 0.4) is 0 Å². The molecule has 0 saturated carbocycles. The predicted octanol–water partition coefficient (Wildman–Crippen LogP) is 3.00. The van der Waals surface area contributed by atoms with E-state index in [0.29, 0.717) is 5.92 Å². The smallest absolute Gasteiger partial charge is 0.257 e. The molecule has 0 unspecified atom stereocenters. The number of likely N-dealkylation sites (tertiary alicyclic amines) is 1. The number of aryl methyl sites for hydroxylation is 1. The van der Waals surface area contributed by atoms with Gasteiger partial charge in [-0.1, -0.05) is 25.1 Å². The lowest BCUT2D eigenvalue weighted by atomic mass is 9.91. The molecule has 1 aromatic carbocycles. The molecule has 0 spiro atoms.